The molecule has 1 amide bonds. The first-order chi connectivity index (χ1) is 12.2. The van der Waals surface area contributed by atoms with Crippen LogP contribution in [-0.4, -0.2) is 53.3 Å². The summed E-state index contributed by atoms with van der Waals surface area (Å²) in [5.41, 5.74) is 0.345. The van der Waals surface area contributed by atoms with E-state index in [4.69, 9.17) is 21.1 Å². The summed E-state index contributed by atoms with van der Waals surface area (Å²) in [4.78, 5) is 30.1. The second-order valence-corrected chi connectivity index (χ2v) is 7.57. The molecule has 0 aromatic carbocycles. The highest BCUT2D eigenvalue weighted by atomic mass is 35.5. The second-order valence-electron chi connectivity index (χ2n) is 7.18. The lowest BCUT2D eigenvalue weighted by atomic mass is 10.1. The average molecular weight is 384 g/mol. The van der Waals surface area contributed by atoms with E-state index in [1.165, 1.54) is 6.20 Å². The molecule has 2 rings (SSSR count). The number of rotatable bonds is 4. The standard InChI is InChI=1S/C18H26ClN3O4/c1-5-25-16(23)13-10-20-15(19)9-14(13)21-12-7-6-8-22(11-12)17(24)26-18(2,3)4/h9-10,12H,5-8,11H2,1-4H3,(H,20,21)/t12-/m1/s1. The van der Waals surface area contributed by atoms with Gasteiger partial charge in [0.15, 0.2) is 0 Å². The molecule has 1 aromatic heterocycles. The van der Waals surface area contributed by atoms with Crippen LogP contribution in [0, 0.1) is 0 Å². The van der Waals surface area contributed by atoms with E-state index in [1.54, 1.807) is 17.9 Å². The fraction of sp³-hybridized carbons (Fsp3) is 0.611. The Bertz CT molecular complexity index is 660. The lowest BCUT2D eigenvalue weighted by Gasteiger charge is -2.35. The first-order valence-electron chi connectivity index (χ1n) is 8.76. The Morgan fingerprint density at radius 1 is 1.42 bits per heavy atom. The molecule has 0 unspecified atom stereocenters. The first-order valence-corrected chi connectivity index (χ1v) is 9.14. The summed E-state index contributed by atoms with van der Waals surface area (Å²) >= 11 is 5.98. The van der Waals surface area contributed by atoms with E-state index in [-0.39, 0.29) is 23.9 Å². The summed E-state index contributed by atoms with van der Waals surface area (Å²) in [6.45, 7) is 8.68. The van der Waals surface area contributed by atoms with E-state index in [0.717, 1.165) is 12.8 Å². The van der Waals surface area contributed by atoms with Gasteiger partial charge in [-0.15, -0.1) is 0 Å². The molecule has 1 aliphatic rings. The Morgan fingerprint density at radius 3 is 2.81 bits per heavy atom. The number of ether oxygens (including phenoxy) is 2. The second kappa shape index (κ2) is 8.58. The molecule has 1 atom stereocenters. The molecule has 1 fully saturated rings. The van der Waals surface area contributed by atoms with Gasteiger partial charge in [0.25, 0.3) is 0 Å². The number of nitrogens with zero attached hydrogens (tertiary/aromatic N) is 2. The van der Waals surface area contributed by atoms with Crippen LogP contribution >= 0.6 is 11.6 Å². The fourth-order valence-corrected chi connectivity index (χ4v) is 2.89. The number of piperidine rings is 1. The minimum Gasteiger partial charge on any atom is -0.462 e. The zero-order valence-corrected chi connectivity index (χ0v) is 16.4. The Kier molecular flexibility index (Phi) is 6.69. The Morgan fingerprint density at radius 2 is 2.15 bits per heavy atom. The predicted octanol–water partition coefficient (Wildman–Crippen LogP) is 3.72. The van der Waals surface area contributed by atoms with Crippen LogP contribution in [0.2, 0.25) is 5.15 Å². The number of esters is 1. The first kappa shape index (κ1) is 20.3. The van der Waals surface area contributed by atoms with Gasteiger partial charge >= 0.3 is 12.1 Å². The normalized spacial score (nSPS) is 17.6. The molecule has 0 aliphatic carbocycles. The number of carbonyl (C=O) groups is 2. The third kappa shape index (κ3) is 5.76. The van der Waals surface area contributed by atoms with Gasteiger partial charge in [-0.3, -0.25) is 0 Å². The van der Waals surface area contributed by atoms with Crippen molar-refractivity contribution in [2.45, 2.75) is 52.2 Å². The fourth-order valence-electron chi connectivity index (χ4n) is 2.73. The molecule has 7 nitrogen and oxygen atoms in total. The third-order valence-corrected chi connectivity index (χ3v) is 4.01. The number of halogens is 1. The topological polar surface area (TPSA) is 80.8 Å². The van der Waals surface area contributed by atoms with Crippen LogP contribution in [0.1, 0.15) is 50.9 Å². The van der Waals surface area contributed by atoms with E-state index in [2.05, 4.69) is 10.3 Å². The van der Waals surface area contributed by atoms with Gasteiger partial charge in [0, 0.05) is 25.3 Å². The van der Waals surface area contributed by atoms with Crippen LogP contribution < -0.4 is 5.32 Å². The maximum atomic E-state index is 12.3. The summed E-state index contributed by atoms with van der Waals surface area (Å²) in [5, 5.41) is 3.58. The Hall–Kier alpha value is -2.02. The summed E-state index contributed by atoms with van der Waals surface area (Å²) in [5.74, 6) is -0.459. The molecule has 0 spiro atoms. The van der Waals surface area contributed by atoms with Crippen molar-refractivity contribution in [2.24, 2.45) is 0 Å². The lowest BCUT2D eigenvalue weighted by Crippen LogP contribution is -2.47. The molecule has 0 saturated carbocycles. The number of hydrogen-bond donors (Lipinski definition) is 1. The van der Waals surface area contributed by atoms with E-state index in [9.17, 15) is 9.59 Å². The SMILES string of the molecule is CCOC(=O)c1cnc(Cl)cc1N[C@@H]1CCCN(C(=O)OC(C)(C)C)C1. The minimum absolute atomic E-state index is 0.0251. The quantitative estimate of drug-likeness (QED) is 0.630. The number of amides is 1. The summed E-state index contributed by atoms with van der Waals surface area (Å²) in [6, 6.07) is 1.57. The molecule has 26 heavy (non-hydrogen) atoms. The van der Waals surface area contributed by atoms with Crippen LogP contribution in [-0.2, 0) is 9.47 Å². The highest BCUT2D eigenvalue weighted by Gasteiger charge is 2.28. The molecular weight excluding hydrogens is 358 g/mol. The molecule has 1 aromatic rings. The van der Waals surface area contributed by atoms with Crippen LogP contribution in [0.25, 0.3) is 0 Å². The van der Waals surface area contributed by atoms with Crippen molar-refractivity contribution < 1.29 is 19.1 Å². The van der Waals surface area contributed by atoms with Crippen molar-refractivity contribution in [1.29, 1.82) is 0 Å². The van der Waals surface area contributed by atoms with Crippen molar-refractivity contribution >= 4 is 29.4 Å². The maximum absolute atomic E-state index is 12.3. The largest absolute Gasteiger partial charge is 0.462 e. The smallest absolute Gasteiger partial charge is 0.410 e. The van der Waals surface area contributed by atoms with Crippen molar-refractivity contribution in [3.05, 3.63) is 23.0 Å². The number of likely N-dealkylation sites (tertiary alicyclic amines) is 1. The van der Waals surface area contributed by atoms with Gasteiger partial charge in [-0.25, -0.2) is 14.6 Å². The molecular formula is C18H26ClN3O4. The van der Waals surface area contributed by atoms with Gasteiger partial charge in [0.05, 0.1) is 12.3 Å². The summed E-state index contributed by atoms with van der Waals surface area (Å²) in [7, 11) is 0. The van der Waals surface area contributed by atoms with Gasteiger partial charge in [-0.2, -0.15) is 0 Å². The molecule has 1 N–H and O–H groups in total. The van der Waals surface area contributed by atoms with Crippen LogP contribution in [0.15, 0.2) is 12.3 Å². The number of aromatic nitrogens is 1. The van der Waals surface area contributed by atoms with Gasteiger partial charge < -0.3 is 19.7 Å². The van der Waals surface area contributed by atoms with E-state index in [0.29, 0.717) is 24.3 Å². The zero-order valence-electron chi connectivity index (χ0n) is 15.7. The number of pyridine rings is 1. The predicted molar refractivity (Wildman–Crippen MR) is 99.7 cm³/mol. The lowest BCUT2D eigenvalue weighted by molar-refractivity contribution is 0.0205. The van der Waals surface area contributed by atoms with Crippen molar-refractivity contribution in [1.82, 2.24) is 9.88 Å². The average Bonchev–Trinajstić information content (AvgIpc) is 2.54. The van der Waals surface area contributed by atoms with Crippen LogP contribution in [0.3, 0.4) is 0 Å². The molecule has 0 radical (unpaired) electrons. The Labute approximate surface area is 159 Å². The molecule has 144 valence electrons. The van der Waals surface area contributed by atoms with Gasteiger partial charge in [0.1, 0.15) is 16.3 Å². The number of anilines is 1. The number of nitrogens with one attached hydrogen (secondary N) is 1. The van der Waals surface area contributed by atoms with E-state index < -0.39 is 11.6 Å². The van der Waals surface area contributed by atoms with Crippen molar-refractivity contribution in [3.63, 3.8) is 0 Å². The van der Waals surface area contributed by atoms with Gasteiger partial charge in [-0.05, 0) is 46.6 Å². The van der Waals surface area contributed by atoms with Crippen LogP contribution in [0.5, 0.6) is 0 Å². The molecule has 1 saturated heterocycles. The van der Waals surface area contributed by atoms with Crippen molar-refractivity contribution in [3.8, 4) is 0 Å². The third-order valence-electron chi connectivity index (χ3n) is 3.80. The van der Waals surface area contributed by atoms with Gasteiger partial charge in [0.2, 0.25) is 0 Å². The minimum atomic E-state index is -0.535. The Balaban J connectivity index is 2.09. The summed E-state index contributed by atoms with van der Waals surface area (Å²) < 4.78 is 10.5. The molecule has 1 aliphatic heterocycles. The van der Waals surface area contributed by atoms with Crippen LogP contribution in [0.4, 0.5) is 10.5 Å². The molecule has 0 bridgehead atoms. The maximum Gasteiger partial charge on any atom is 0.410 e. The van der Waals surface area contributed by atoms with Gasteiger partial charge in [-0.1, -0.05) is 11.6 Å². The molecule has 2 heterocycles. The highest BCUT2D eigenvalue weighted by molar-refractivity contribution is 6.29. The van der Waals surface area contributed by atoms with E-state index >= 15 is 0 Å². The van der Waals surface area contributed by atoms with Crippen molar-refractivity contribution in [2.75, 3.05) is 25.0 Å². The summed E-state index contributed by atoms with van der Waals surface area (Å²) in [6.07, 6.45) is 2.77. The highest BCUT2D eigenvalue weighted by Crippen LogP contribution is 2.24. The monoisotopic (exact) mass is 383 g/mol. The number of carbonyl (C=O) groups excluding carboxylic acids is 2. The zero-order chi connectivity index (χ0) is 19.3. The van der Waals surface area contributed by atoms with E-state index in [1.807, 2.05) is 20.8 Å². The number of hydrogen-bond acceptors (Lipinski definition) is 6. The molecule has 8 heteroatoms.